The van der Waals surface area contributed by atoms with E-state index in [-0.39, 0.29) is 17.8 Å². The third-order valence-corrected chi connectivity index (χ3v) is 4.01. The average Bonchev–Trinajstić information content (AvgIpc) is 3.09. The lowest BCUT2D eigenvalue weighted by Gasteiger charge is -2.25. The second kappa shape index (κ2) is 5.79. The summed E-state index contributed by atoms with van der Waals surface area (Å²) in [7, 11) is 1.93. The van der Waals surface area contributed by atoms with E-state index in [1.807, 2.05) is 29.9 Å². The molecule has 0 spiro atoms. The largest absolute Gasteiger partial charge is 0.353 e. The number of aryl methyl sites for hydroxylation is 1. The van der Waals surface area contributed by atoms with Gasteiger partial charge in [0.2, 0.25) is 0 Å². The molecule has 6 heteroatoms. The van der Waals surface area contributed by atoms with Crippen molar-refractivity contribution < 1.29 is 13.6 Å². The van der Waals surface area contributed by atoms with Gasteiger partial charge in [-0.05, 0) is 37.1 Å². The molecule has 1 aromatic carbocycles. The Labute approximate surface area is 127 Å². The summed E-state index contributed by atoms with van der Waals surface area (Å²) in [4.78, 5) is 14.1. The lowest BCUT2D eigenvalue weighted by molar-refractivity contribution is 0.205. The van der Waals surface area contributed by atoms with E-state index in [0.29, 0.717) is 6.54 Å². The van der Waals surface area contributed by atoms with Crippen molar-refractivity contribution in [3.05, 3.63) is 53.9 Å². The lowest BCUT2D eigenvalue weighted by atomic mass is 10.1. The molecule has 0 aliphatic carbocycles. The normalized spacial score (nSPS) is 17.8. The summed E-state index contributed by atoms with van der Waals surface area (Å²) >= 11 is 0. The molecule has 1 atom stereocenters. The van der Waals surface area contributed by atoms with E-state index in [2.05, 4.69) is 5.32 Å². The Morgan fingerprint density at radius 1 is 1.32 bits per heavy atom. The van der Waals surface area contributed by atoms with Gasteiger partial charge in [-0.15, -0.1) is 0 Å². The van der Waals surface area contributed by atoms with Gasteiger partial charge in [0.15, 0.2) is 0 Å². The predicted molar refractivity (Wildman–Crippen MR) is 79.5 cm³/mol. The molecule has 1 fully saturated rings. The van der Waals surface area contributed by atoms with Crippen LogP contribution in [-0.4, -0.2) is 22.0 Å². The molecule has 4 nitrogen and oxygen atoms in total. The number of carbonyl (C=O) groups excluding carboxylic acids is 1. The Bertz CT molecular complexity index is 698. The minimum Gasteiger partial charge on any atom is -0.353 e. The zero-order valence-corrected chi connectivity index (χ0v) is 12.2. The summed E-state index contributed by atoms with van der Waals surface area (Å²) in [6.45, 7) is 0.616. The molecule has 2 amide bonds. The van der Waals surface area contributed by atoms with Gasteiger partial charge in [0, 0.05) is 31.5 Å². The van der Waals surface area contributed by atoms with E-state index >= 15 is 0 Å². The third-order valence-electron chi connectivity index (χ3n) is 4.01. The van der Waals surface area contributed by atoms with Gasteiger partial charge in [-0.2, -0.15) is 0 Å². The highest BCUT2D eigenvalue weighted by Crippen LogP contribution is 2.32. The summed E-state index contributed by atoms with van der Waals surface area (Å²) in [5.41, 5.74) is 1.04. The second-order valence-corrected chi connectivity index (χ2v) is 5.45. The fourth-order valence-corrected chi connectivity index (χ4v) is 2.92. The molecule has 1 saturated heterocycles. The maximum Gasteiger partial charge on any atom is 0.322 e. The molecule has 2 aromatic rings. The number of anilines is 1. The number of nitrogens with zero attached hydrogens (tertiary/aromatic N) is 2. The Morgan fingerprint density at radius 3 is 2.82 bits per heavy atom. The maximum atomic E-state index is 13.7. The monoisotopic (exact) mass is 305 g/mol. The van der Waals surface area contributed by atoms with Crippen LogP contribution in [0.4, 0.5) is 19.3 Å². The first-order chi connectivity index (χ1) is 10.6. The van der Waals surface area contributed by atoms with Crippen molar-refractivity contribution in [2.45, 2.75) is 18.9 Å². The molecular weight excluding hydrogens is 288 g/mol. The van der Waals surface area contributed by atoms with Crippen LogP contribution in [0.2, 0.25) is 0 Å². The molecule has 0 bridgehead atoms. The van der Waals surface area contributed by atoms with Gasteiger partial charge in [0.1, 0.15) is 11.6 Å². The number of halogens is 2. The van der Waals surface area contributed by atoms with Crippen LogP contribution in [0, 0.1) is 11.6 Å². The first kappa shape index (κ1) is 14.6. The van der Waals surface area contributed by atoms with Gasteiger partial charge in [-0.1, -0.05) is 0 Å². The number of amides is 2. The smallest absolute Gasteiger partial charge is 0.322 e. The van der Waals surface area contributed by atoms with Crippen molar-refractivity contribution in [2.75, 3.05) is 11.9 Å². The van der Waals surface area contributed by atoms with Crippen molar-refractivity contribution in [3.63, 3.8) is 0 Å². The zero-order chi connectivity index (χ0) is 15.7. The highest BCUT2D eigenvalue weighted by molar-refractivity contribution is 5.89. The fraction of sp³-hybridized carbons (Fsp3) is 0.312. The first-order valence-corrected chi connectivity index (χ1v) is 7.20. The Balaban J connectivity index is 1.78. The number of carbonyl (C=O) groups is 1. The summed E-state index contributed by atoms with van der Waals surface area (Å²) in [5, 5.41) is 2.53. The predicted octanol–water partition coefficient (Wildman–Crippen LogP) is 3.67. The summed E-state index contributed by atoms with van der Waals surface area (Å²) in [5.74, 6) is -1.44. The number of hydrogen-bond acceptors (Lipinski definition) is 1. The quantitative estimate of drug-likeness (QED) is 0.903. The SMILES string of the molecule is Cn1cccc1C1CCCN1C(=O)Nc1ccc(F)cc1F. The molecule has 1 aliphatic rings. The number of rotatable bonds is 2. The summed E-state index contributed by atoms with van der Waals surface area (Å²) in [6.07, 6.45) is 3.70. The van der Waals surface area contributed by atoms with Crippen molar-refractivity contribution in [1.29, 1.82) is 0 Å². The fourth-order valence-electron chi connectivity index (χ4n) is 2.92. The Hall–Kier alpha value is -2.37. The molecule has 0 saturated carbocycles. The van der Waals surface area contributed by atoms with Crippen LogP contribution in [0.15, 0.2) is 36.5 Å². The molecule has 3 rings (SSSR count). The standard InChI is InChI=1S/C16H17F2N3O/c1-20-8-2-4-14(20)15-5-3-9-21(15)16(22)19-13-7-6-11(17)10-12(13)18/h2,4,6-8,10,15H,3,5,9H2,1H3,(H,19,22). The van der Waals surface area contributed by atoms with Gasteiger partial charge < -0.3 is 14.8 Å². The molecule has 22 heavy (non-hydrogen) atoms. The Kier molecular flexibility index (Phi) is 3.83. The first-order valence-electron chi connectivity index (χ1n) is 7.20. The molecule has 1 unspecified atom stereocenters. The van der Waals surface area contributed by atoms with Gasteiger partial charge in [0.25, 0.3) is 0 Å². The molecule has 0 radical (unpaired) electrons. The van der Waals surface area contributed by atoms with Gasteiger partial charge in [-0.25, -0.2) is 13.6 Å². The van der Waals surface area contributed by atoms with Gasteiger partial charge in [-0.3, -0.25) is 0 Å². The maximum absolute atomic E-state index is 13.7. The number of aromatic nitrogens is 1. The molecule has 2 heterocycles. The highest BCUT2D eigenvalue weighted by atomic mass is 19.1. The van der Waals surface area contributed by atoms with Crippen LogP contribution in [0.3, 0.4) is 0 Å². The van der Waals surface area contributed by atoms with Crippen LogP contribution in [0.1, 0.15) is 24.6 Å². The average molecular weight is 305 g/mol. The minimum atomic E-state index is -0.775. The number of benzene rings is 1. The topological polar surface area (TPSA) is 37.3 Å². The number of hydrogen-bond donors (Lipinski definition) is 1. The van der Waals surface area contributed by atoms with Crippen molar-refractivity contribution in [1.82, 2.24) is 9.47 Å². The van der Waals surface area contributed by atoms with E-state index in [9.17, 15) is 13.6 Å². The van der Waals surface area contributed by atoms with E-state index in [4.69, 9.17) is 0 Å². The molecule has 1 aromatic heterocycles. The van der Waals surface area contributed by atoms with Crippen LogP contribution in [0.5, 0.6) is 0 Å². The molecule has 1 N–H and O–H groups in total. The van der Waals surface area contributed by atoms with E-state index in [1.165, 1.54) is 6.07 Å². The summed E-state index contributed by atoms with van der Waals surface area (Å²) < 4.78 is 28.5. The van der Waals surface area contributed by atoms with Gasteiger partial charge >= 0.3 is 6.03 Å². The lowest BCUT2D eigenvalue weighted by Crippen LogP contribution is -2.35. The van der Waals surface area contributed by atoms with E-state index < -0.39 is 11.6 Å². The molecule has 116 valence electrons. The van der Waals surface area contributed by atoms with Crippen molar-refractivity contribution >= 4 is 11.7 Å². The number of likely N-dealkylation sites (tertiary alicyclic amines) is 1. The number of nitrogens with one attached hydrogen (secondary N) is 1. The molecule has 1 aliphatic heterocycles. The van der Waals surface area contributed by atoms with E-state index in [0.717, 1.165) is 30.7 Å². The van der Waals surface area contributed by atoms with Gasteiger partial charge in [0.05, 0.1) is 11.7 Å². The highest BCUT2D eigenvalue weighted by Gasteiger charge is 2.31. The van der Waals surface area contributed by atoms with Crippen LogP contribution >= 0.6 is 0 Å². The minimum absolute atomic E-state index is 0.0102. The van der Waals surface area contributed by atoms with Crippen molar-refractivity contribution in [2.24, 2.45) is 7.05 Å². The van der Waals surface area contributed by atoms with Crippen molar-refractivity contribution in [3.8, 4) is 0 Å². The zero-order valence-electron chi connectivity index (χ0n) is 12.2. The van der Waals surface area contributed by atoms with Crippen LogP contribution in [0.25, 0.3) is 0 Å². The summed E-state index contributed by atoms with van der Waals surface area (Å²) in [6, 6.07) is 6.64. The van der Waals surface area contributed by atoms with E-state index in [1.54, 1.807) is 4.90 Å². The third kappa shape index (κ3) is 2.68. The molecular formula is C16H17F2N3O. The number of urea groups is 1. The van der Waals surface area contributed by atoms with Crippen LogP contribution < -0.4 is 5.32 Å². The van der Waals surface area contributed by atoms with Crippen LogP contribution in [-0.2, 0) is 7.05 Å². The Morgan fingerprint density at radius 2 is 2.14 bits per heavy atom. The second-order valence-electron chi connectivity index (χ2n) is 5.45.